The maximum Gasteiger partial charge on any atom is 0.235 e. The first-order valence-electron chi connectivity index (χ1n) is 8.86. The number of nitrogens with one attached hydrogen (secondary N) is 1. The number of aromatic nitrogens is 1. The van der Waals surface area contributed by atoms with E-state index >= 15 is 0 Å². The lowest BCUT2D eigenvalue weighted by Gasteiger charge is -2.12. The van der Waals surface area contributed by atoms with Gasteiger partial charge in [-0.2, -0.15) is 0 Å². The second-order valence-electron chi connectivity index (χ2n) is 6.56. The van der Waals surface area contributed by atoms with Crippen molar-refractivity contribution in [3.05, 3.63) is 75.7 Å². The van der Waals surface area contributed by atoms with Crippen LogP contribution in [0.3, 0.4) is 0 Å². The summed E-state index contributed by atoms with van der Waals surface area (Å²) in [5, 5.41) is 23.6. The number of hydrogen-bond donors (Lipinski definition) is 3. The van der Waals surface area contributed by atoms with Gasteiger partial charge < -0.3 is 19.9 Å². The molecule has 0 saturated carbocycles. The molecule has 0 radical (unpaired) electrons. The first-order valence-corrected chi connectivity index (χ1v) is 9.24. The monoisotopic (exact) mass is 408 g/mol. The Balaban J connectivity index is 2.06. The predicted octanol–water partition coefficient (Wildman–Crippen LogP) is 4.31. The molecule has 6 nitrogen and oxygen atoms in total. The van der Waals surface area contributed by atoms with E-state index in [-0.39, 0.29) is 21.9 Å². The van der Waals surface area contributed by atoms with Crippen LogP contribution in [0.2, 0.25) is 5.02 Å². The fraction of sp³-hybridized carbons (Fsp3) is 0.0909. The summed E-state index contributed by atoms with van der Waals surface area (Å²) >= 11 is 5.99. The maximum atomic E-state index is 13.0. The summed E-state index contributed by atoms with van der Waals surface area (Å²) in [5.41, 5.74) is 2.59. The molecule has 2 aromatic carbocycles. The molecule has 4 rings (SSSR count). The Labute approximate surface area is 171 Å². The van der Waals surface area contributed by atoms with Gasteiger partial charge in [0.05, 0.1) is 10.4 Å². The molecular weight excluding hydrogens is 392 g/mol. The predicted molar refractivity (Wildman–Crippen MR) is 112 cm³/mol. The summed E-state index contributed by atoms with van der Waals surface area (Å²) in [6.07, 6.45) is 3.32. The van der Waals surface area contributed by atoms with E-state index in [2.05, 4.69) is 10.3 Å². The Kier molecular flexibility index (Phi) is 4.96. The summed E-state index contributed by atoms with van der Waals surface area (Å²) in [4.78, 5) is 17.0. The van der Waals surface area contributed by atoms with Crippen LogP contribution in [-0.4, -0.2) is 22.2 Å². The number of fused-ring (bicyclic) bond motifs is 1. The van der Waals surface area contributed by atoms with Crippen LogP contribution in [0.25, 0.3) is 33.4 Å². The lowest BCUT2D eigenvalue weighted by molar-refractivity contribution is 0.449. The van der Waals surface area contributed by atoms with Crippen molar-refractivity contribution in [2.45, 2.75) is 6.54 Å². The second kappa shape index (κ2) is 7.58. The van der Waals surface area contributed by atoms with Gasteiger partial charge in [-0.05, 0) is 60.6 Å². The van der Waals surface area contributed by atoms with Crippen LogP contribution in [0, 0.1) is 0 Å². The van der Waals surface area contributed by atoms with Gasteiger partial charge in [0.25, 0.3) is 0 Å². The van der Waals surface area contributed by atoms with Crippen molar-refractivity contribution in [1.82, 2.24) is 10.3 Å². The Bertz CT molecular complexity index is 1270. The lowest BCUT2D eigenvalue weighted by atomic mass is 9.99. The summed E-state index contributed by atoms with van der Waals surface area (Å²) in [6.45, 7) is 0.545. The highest BCUT2D eigenvalue weighted by Crippen LogP contribution is 2.37. The van der Waals surface area contributed by atoms with Gasteiger partial charge in [0.2, 0.25) is 11.2 Å². The molecule has 0 aliphatic carbocycles. The minimum absolute atomic E-state index is 0.0129. The first kappa shape index (κ1) is 19.0. The Morgan fingerprint density at radius 3 is 2.52 bits per heavy atom. The molecule has 29 heavy (non-hydrogen) atoms. The smallest absolute Gasteiger partial charge is 0.235 e. The zero-order valence-electron chi connectivity index (χ0n) is 15.4. The quantitative estimate of drug-likeness (QED) is 0.466. The van der Waals surface area contributed by atoms with Crippen molar-refractivity contribution in [1.29, 1.82) is 0 Å². The molecule has 0 aliphatic heterocycles. The van der Waals surface area contributed by atoms with Crippen LogP contribution in [0.4, 0.5) is 0 Å². The Morgan fingerprint density at radius 2 is 1.83 bits per heavy atom. The standard InChI is InChI=1S/C22H17ClN2O4/c1-24-11-12-8-15(13-4-6-25-7-5-13)22-16(9-12)19(27)20(28)21(29-22)14-2-3-18(26)17(23)10-14/h2-10,24,26,28H,11H2,1H3. The molecule has 146 valence electrons. The number of hydrogen-bond acceptors (Lipinski definition) is 6. The summed E-state index contributed by atoms with van der Waals surface area (Å²) in [7, 11) is 1.81. The van der Waals surface area contributed by atoms with E-state index in [9.17, 15) is 15.0 Å². The van der Waals surface area contributed by atoms with Gasteiger partial charge in [-0.15, -0.1) is 0 Å². The number of nitrogens with zero attached hydrogens (tertiary/aromatic N) is 1. The van der Waals surface area contributed by atoms with Crippen LogP contribution in [0.15, 0.2) is 64.1 Å². The van der Waals surface area contributed by atoms with Crippen molar-refractivity contribution in [3.8, 4) is 33.9 Å². The highest BCUT2D eigenvalue weighted by Gasteiger charge is 2.19. The van der Waals surface area contributed by atoms with Crippen LogP contribution < -0.4 is 10.7 Å². The van der Waals surface area contributed by atoms with Crippen molar-refractivity contribution < 1.29 is 14.6 Å². The van der Waals surface area contributed by atoms with E-state index in [1.807, 2.05) is 25.2 Å². The van der Waals surface area contributed by atoms with Crippen molar-refractivity contribution >= 4 is 22.6 Å². The van der Waals surface area contributed by atoms with Gasteiger partial charge in [-0.3, -0.25) is 9.78 Å². The number of rotatable bonds is 4. The normalized spacial score (nSPS) is 11.1. The molecule has 2 heterocycles. The largest absolute Gasteiger partial charge is 0.506 e. The molecule has 0 amide bonds. The van der Waals surface area contributed by atoms with E-state index in [1.54, 1.807) is 18.5 Å². The third-order valence-electron chi connectivity index (χ3n) is 4.61. The van der Waals surface area contributed by atoms with Crippen LogP contribution >= 0.6 is 11.6 Å². The average Bonchev–Trinajstić information content (AvgIpc) is 2.73. The van der Waals surface area contributed by atoms with Gasteiger partial charge >= 0.3 is 0 Å². The van der Waals surface area contributed by atoms with Crippen molar-refractivity contribution in [3.63, 3.8) is 0 Å². The summed E-state index contributed by atoms with van der Waals surface area (Å²) in [6, 6.07) is 11.6. The third-order valence-corrected chi connectivity index (χ3v) is 4.91. The highest BCUT2D eigenvalue weighted by atomic mass is 35.5. The van der Waals surface area contributed by atoms with Gasteiger partial charge in [0.15, 0.2) is 5.76 Å². The van der Waals surface area contributed by atoms with E-state index in [4.69, 9.17) is 16.0 Å². The third kappa shape index (κ3) is 3.44. The SMILES string of the molecule is CNCc1cc(-c2ccncc2)c2oc(-c3ccc(O)c(Cl)c3)c(O)c(=O)c2c1. The highest BCUT2D eigenvalue weighted by molar-refractivity contribution is 6.32. The van der Waals surface area contributed by atoms with Crippen molar-refractivity contribution in [2.24, 2.45) is 0 Å². The molecule has 2 aromatic heterocycles. The van der Waals surface area contributed by atoms with E-state index in [0.717, 1.165) is 11.1 Å². The first-order chi connectivity index (χ1) is 14.0. The molecule has 7 heteroatoms. The molecule has 0 atom stereocenters. The minimum Gasteiger partial charge on any atom is -0.506 e. The average molecular weight is 409 g/mol. The number of phenolic OH excluding ortho intramolecular Hbond substituents is 1. The van der Waals surface area contributed by atoms with E-state index < -0.39 is 11.2 Å². The van der Waals surface area contributed by atoms with Gasteiger partial charge in [-0.1, -0.05) is 11.6 Å². The van der Waals surface area contributed by atoms with Gasteiger partial charge in [-0.25, -0.2) is 0 Å². The molecule has 0 saturated heterocycles. The fourth-order valence-corrected chi connectivity index (χ4v) is 3.42. The fourth-order valence-electron chi connectivity index (χ4n) is 3.24. The second-order valence-corrected chi connectivity index (χ2v) is 6.97. The molecule has 0 unspecified atom stereocenters. The van der Waals surface area contributed by atoms with Gasteiger partial charge in [0.1, 0.15) is 11.3 Å². The van der Waals surface area contributed by atoms with Gasteiger partial charge in [0, 0.05) is 30.1 Å². The topological polar surface area (TPSA) is 95.6 Å². The maximum absolute atomic E-state index is 13.0. The zero-order valence-corrected chi connectivity index (χ0v) is 16.2. The molecule has 3 N–H and O–H groups in total. The summed E-state index contributed by atoms with van der Waals surface area (Å²) in [5.74, 6) is -0.630. The molecular formula is C22H17ClN2O4. The lowest BCUT2D eigenvalue weighted by Crippen LogP contribution is -2.08. The molecule has 0 spiro atoms. The minimum atomic E-state index is -0.543. The van der Waals surface area contributed by atoms with E-state index in [1.165, 1.54) is 18.2 Å². The molecule has 0 bridgehead atoms. The Hall–Kier alpha value is -3.35. The van der Waals surface area contributed by atoms with Crippen LogP contribution in [0.5, 0.6) is 11.5 Å². The van der Waals surface area contributed by atoms with Crippen LogP contribution in [-0.2, 0) is 6.54 Å². The number of pyridine rings is 1. The number of benzene rings is 2. The van der Waals surface area contributed by atoms with Crippen LogP contribution in [0.1, 0.15) is 5.56 Å². The molecule has 0 fully saturated rings. The molecule has 0 aliphatic rings. The van der Waals surface area contributed by atoms with E-state index in [0.29, 0.717) is 23.3 Å². The Morgan fingerprint density at radius 1 is 1.07 bits per heavy atom. The molecule has 4 aromatic rings. The number of phenols is 1. The number of aromatic hydroxyl groups is 2. The number of halogens is 1. The summed E-state index contributed by atoms with van der Waals surface area (Å²) < 4.78 is 6.04. The van der Waals surface area contributed by atoms with Crippen molar-refractivity contribution in [2.75, 3.05) is 7.05 Å². The zero-order chi connectivity index (χ0) is 20.5.